The molecule has 0 aliphatic heterocycles. The van der Waals surface area contributed by atoms with E-state index in [0.717, 1.165) is 7.11 Å². The van der Waals surface area contributed by atoms with Crippen molar-refractivity contribution in [1.82, 2.24) is 0 Å². The Hall–Kier alpha value is -2.99. The number of aldehydes is 1. The molecule has 6 heteroatoms. The standard InChI is InChI=1S/C17H14O5.CH4O/c1-11-8-13(16(19)21-2)9-14(10-18)15(11)22-17(20)12-6-4-3-5-7-12;1-2/h3-10H,1-2H3;2H,1H3. The van der Waals surface area contributed by atoms with E-state index >= 15 is 0 Å². The van der Waals surface area contributed by atoms with Gasteiger partial charge in [-0.3, -0.25) is 4.79 Å². The van der Waals surface area contributed by atoms with Gasteiger partial charge < -0.3 is 14.6 Å². The monoisotopic (exact) mass is 330 g/mol. The van der Waals surface area contributed by atoms with E-state index in [9.17, 15) is 14.4 Å². The first kappa shape index (κ1) is 19.1. The molecule has 0 atom stereocenters. The Morgan fingerprint density at radius 3 is 2.17 bits per heavy atom. The molecule has 0 unspecified atom stereocenters. The van der Waals surface area contributed by atoms with Crippen molar-refractivity contribution in [1.29, 1.82) is 0 Å². The first-order valence-electron chi connectivity index (χ1n) is 6.97. The molecule has 0 saturated heterocycles. The molecule has 126 valence electrons. The highest BCUT2D eigenvalue weighted by atomic mass is 16.5. The van der Waals surface area contributed by atoms with Crippen LogP contribution < -0.4 is 4.74 Å². The zero-order valence-corrected chi connectivity index (χ0v) is 13.6. The van der Waals surface area contributed by atoms with Crippen LogP contribution in [0.25, 0.3) is 0 Å². The van der Waals surface area contributed by atoms with E-state index < -0.39 is 11.9 Å². The summed E-state index contributed by atoms with van der Waals surface area (Å²) in [4.78, 5) is 34.8. The molecule has 24 heavy (non-hydrogen) atoms. The van der Waals surface area contributed by atoms with Crippen LogP contribution in [0.3, 0.4) is 0 Å². The van der Waals surface area contributed by atoms with Crippen LogP contribution in [0.4, 0.5) is 0 Å². The molecule has 0 heterocycles. The maximum Gasteiger partial charge on any atom is 0.343 e. The lowest BCUT2D eigenvalue weighted by atomic mass is 10.1. The summed E-state index contributed by atoms with van der Waals surface area (Å²) in [6.45, 7) is 1.65. The van der Waals surface area contributed by atoms with Gasteiger partial charge in [-0.15, -0.1) is 0 Å². The third-order valence-electron chi connectivity index (χ3n) is 3.06. The molecular formula is C18H18O6. The first-order valence-corrected chi connectivity index (χ1v) is 6.97. The number of hydrogen-bond donors (Lipinski definition) is 1. The van der Waals surface area contributed by atoms with Gasteiger partial charge in [0.25, 0.3) is 0 Å². The van der Waals surface area contributed by atoms with E-state index in [4.69, 9.17) is 9.84 Å². The molecule has 2 rings (SSSR count). The van der Waals surface area contributed by atoms with Crippen molar-refractivity contribution >= 4 is 18.2 Å². The van der Waals surface area contributed by atoms with Gasteiger partial charge in [-0.25, -0.2) is 9.59 Å². The van der Waals surface area contributed by atoms with Gasteiger partial charge in [-0.2, -0.15) is 0 Å². The molecule has 0 radical (unpaired) electrons. The van der Waals surface area contributed by atoms with Gasteiger partial charge in [-0.05, 0) is 36.8 Å². The van der Waals surface area contributed by atoms with Crippen molar-refractivity contribution in [3.05, 3.63) is 64.7 Å². The van der Waals surface area contributed by atoms with Crippen LogP contribution in [0.15, 0.2) is 42.5 Å². The summed E-state index contributed by atoms with van der Waals surface area (Å²) in [5, 5.41) is 7.00. The molecule has 2 aromatic rings. The Morgan fingerprint density at radius 1 is 1.00 bits per heavy atom. The molecule has 0 spiro atoms. The highest BCUT2D eigenvalue weighted by Gasteiger charge is 2.17. The maximum atomic E-state index is 12.1. The predicted molar refractivity (Wildman–Crippen MR) is 87.4 cm³/mol. The van der Waals surface area contributed by atoms with Gasteiger partial charge in [-0.1, -0.05) is 18.2 Å². The van der Waals surface area contributed by atoms with Gasteiger partial charge in [0, 0.05) is 7.11 Å². The van der Waals surface area contributed by atoms with Crippen molar-refractivity contribution in [2.75, 3.05) is 14.2 Å². The van der Waals surface area contributed by atoms with Crippen LogP contribution in [0.2, 0.25) is 0 Å². The highest BCUT2D eigenvalue weighted by molar-refractivity contribution is 5.96. The lowest BCUT2D eigenvalue weighted by molar-refractivity contribution is 0.0600. The van der Waals surface area contributed by atoms with E-state index in [1.54, 1.807) is 37.3 Å². The first-order chi connectivity index (χ1) is 11.6. The second kappa shape index (κ2) is 9.22. The van der Waals surface area contributed by atoms with Crippen LogP contribution in [-0.2, 0) is 4.74 Å². The number of esters is 2. The second-order valence-corrected chi connectivity index (χ2v) is 4.58. The molecule has 0 aliphatic carbocycles. The predicted octanol–water partition coefficient (Wildman–Crippen LogP) is 2.42. The number of benzene rings is 2. The van der Waals surface area contributed by atoms with Crippen molar-refractivity contribution in [3.8, 4) is 5.75 Å². The van der Waals surface area contributed by atoms with Crippen LogP contribution in [0.1, 0.15) is 36.6 Å². The average molecular weight is 330 g/mol. The molecule has 6 nitrogen and oxygen atoms in total. The van der Waals surface area contributed by atoms with E-state index in [1.807, 2.05) is 0 Å². The number of aliphatic hydroxyl groups is 1. The number of carbonyl (C=O) groups is 3. The summed E-state index contributed by atoms with van der Waals surface area (Å²) in [6, 6.07) is 11.3. The Balaban J connectivity index is 0.00000139. The Labute approximate surface area is 139 Å². The zero-order valence-electron chi connectivity index (χ0n) is 13.6. The zero-order chi connectivity index (χ0) is 18.1. The van der Waals surface area contributed by atoms with Crippen LogP contribution >= 0.6 is 0 Å². The molecule has 0 aromatic heterocycles. The summed E-state index contributed by atoms with van der Waals surface area (Å²) < 4.78 is 9.92. The average Bonchev–Trinajstić information content (AvgIpc) is 2.64. The summed E-state index contributed by atoms with van der Waals surface area (Å²) >= 11 is 0. The normalized spacial score (nSPS) is 9.33. The quantitative estimate of drug-likeness (QED) is 0.526. The van der Waals surface area contributed by atoms with Gasteiger partial charge in [0.2, 0.25) is 0 Å². The topological polar surface area (TPSA) is 89.9 Å². The smallest absolute Gasteiger partial charge is 0.343 e. The summed E-state index contributed by atoms with van der Waals surface area (Å²) in [7, 11) is 2.25. The molecule has 0 aliphatic rings. The van der Waals surface area contributed by atoms with Crippen molar-refractivity contribution in [2.45, 2.75) is 6.92 Å². The largest absolute Gasteiger partial charge is 0.465 e. The lowest BCUT2D eigenvalue weighted by Crippen LogP contribution is -2.12. The maximum absolute atomic E-state index is 12.1. The van der Waals surface area contributed by atoms with Gasteiger partial charge in [0.05, 0.1) is 23.8 Å². The number of carbonyl (C=O) groups excluding carboxylic acids is 3. The van der Waals surface area contributed by atoms with Crippen molar-refractivity contribution < 1.29 is 29.0 Å². The van der Waals surface area contributed by atoms with E-state index in [-0.39, 0.29) is 16.9 Å². The number of aliphatic hydroxyl groups excluding tert-OH is 1. The van der Waals surface area contributed by atoms with E-state index in [1.165, 1.54) is 19.2 Å². The molecule has 0 bridgehead atoms. The van der Waals surface area contributed by atoms with Gasteiger partial charge in [0.15, 0.2) is 6.29 Å². The van der Waals surface area contributed by atoms with Crippen LogP contribution in [-0.4, -0.2) is 37.6 Å². The SMILES string of the molecule is CO.COC(=O)c1cc(C)c(OC(=O)c2ccccc2)c(C=O)c1. The fourth-order valence-corrected chi connectivity index (χ4v) is 1.99. The molecule has 0 amide bonds. The number of aryl methyl sites for hydroxylation is 1. The van der Waals surface area contributed by atoms with E-state index in [0.29, 0.717) is 17.4 Å². The number of hydrogen-bond acceptors (Lipinski definition) is 6. The number of ether oxygens (including phenoxy) is 2. The Morgan fingerprint density at radius 2 is 1.62 bits per heavy atom. The molecule has 2 aromatic carbocycles. The number of methoxy groups -OCH3 is 1. The number of rotatable bonds is 4. The Bertz CT molecular complexity index is 722. The van der Waals surface area contributed by atoms with Crippen molar-refractivity contribution in [3.63, 3.8) is 0 Å². The second-order valence-electron chi connectivity index (χ2n) is 4.58. The third-order valence-corrected chi connectivity index (χ3v) is 3.06. The minimum absolute atomic E-state index is 0.115. The summed E-state index contributed by atoms with van der Waals surface area (Å²) in [6.07, 6.45) is 0.535. The molecule has 0 fully saturated rings. The summed E-state index contributed by atoms with van der Waals surface area (Å²) in [5.41, 5.74) is 1.20. The van der Waals surface area contributed by atoms with Crippen LogP contribution in [0.5, 0.6) is 5.75 Å². The Kier molecular flexibility index (Phi) is 7.32. The van der Waals surface area contributed by atoms with Crippen molar-refractivity contribution in [2.24, 2.45) is 0 Å². The van der Waals surface area contributed by atoms with Crippen LogP contribution in [0, 0.1) is 6.92 Å². The highest BCUT2D eigenvalue weighted by Crippen LogP contribution is 2.25. The minimum Gasteiger partial charge on any atom is -0.465 e. The third kappa shape index (κ3) is 4.50. The lowest BCUT2D eigenvalue weighted by Gasteiger charge is -2.11. The van der Waals surface area contributed by atoms with Gasteiger partial charge in [0.1, 0.15) is 5.75 Å². The minimum atomic E-state index is -0.572. The molecular weight excluding hydrogens is 312 g/mol. The fourth-order valence-electron chi connectivity index (χ4n) is 1.99. The van der Waals surface area contributed by atoms with E-state index in [2.05, 4.69) is 4.74 Å². The summed E-state index contributed by atoms with van der Waals surface area (Å²) in [5.74, 6) is -0.999. The fraction of sp³-hybridized carbons (Fsp3) is 0.167. The van der Waals surface area contributed by atoms with Gasteiger partial charge >= 0.3 is 11.9 Å². The molecule has 0 saturated carbocycles. The molecule has 1 N–H and O–H groups in total.